The summed E-state index contributed by atoms with van der Waals surface area (Å²) in [5, 5.41) is 3.89. The molecule has 0 atom stereocenters. The molecule has 0 unspecified atom stereocenters. The molecule has 0 saturated heterocycles. The number of aromatic nitrogens is 2. The molecule has 0 amide bonds. The maximum absolute atomic E-state index is 12.0. The van der Waals surface area contributed by atoms with Crippen LogP contribution in [0.25, 0.3) is 11.4 Å². The third kappa shape index (κ3) is 2.81. The Kier molecular flexibility index (Phi) is 4.24. The highest BCUT2D eigenvalue weighted by atomic mass is 35.5. The van der Waals surface area contributed by atoms with E-state index in [2.05, 4.69) is 15.3 Å². The highest BCUT2D eigenvalue weighted by molar-refractivity contribution is 6.30. The van der Waals surface area contributed by atoms with Crippen molar-refractivity contribution in [3.8, 4) is 11.4 Å². The fraction of sp³-hybridized carbons (Fsp3) is 0.231. The van der Waals surface area contributed by atoms with Crippen molar-refractivity contribution in [1.82, 2.24) is 15.3 Å². The number of benzene rings is 1. The van der Waals surface area contributed by atoms with Crippen LogP contribution in [0.15, 0.2) is 29.1 Å². The van der Waals surface area contributed by atoms with E-state index >= 15 is 0 Å². The van der Waals surface area contributed by atoms with Gasteiger partial charge in [-0.1, -0.05) is 11.6 Å². The summed E-state index contributed by atoms with van der Waals surface area (Å²) in [4.78, 5) is 19.3. The Hall–Kier alpha value is -1.36. The molecular formula is C13H13Cl2N3O. The van der Waals surface area contributed by atoms with E-state index in [9.17, 15) is 4.79 Å². The molecule has 0 saturated carbocycles. The number of hydrogen-bond acceptors (Lipinski definition) is 3. The van der Waals surface area contributed by atoms with Gasteiger partial charge in [-0.3, -0.25) is 4.79 Å². The van der Waals surface area contributed by atoms with Gasteiger partial charge in [0.1, 0.15) is 5.82 Å². The van der Waals surface area contributed by atoms with E-state index < -0.39 is 0 Å². The van der Waals surface area contributed by atoms with Gasteiger partial charge in [0.25, 0.3) is 5.56 Å². The summed E-state index contributed by atoms with van der Waals surface area (Å²) in [6.45, 7) is 1.48. The number of aromatic amines is 1. The van der Waals surface area contributed by atoms with Gasteiger partial charge in [-0.25, -0.2) is 4.98 Å². The summed E-state index contributed by atoms with van der Waals surface area (Å²) >= 11 is 5.84. The smallest absolute Gasteiger partial charge is 0.254 e. The number of H-pyrrole nitrogens is 1. The third-order valence-electron chi connectivity index (χ3n) is 3.06. The molecule has 2 N–H and O–H groups in total. The van der Waals surface area contributed by atoms with Crippen molar-refractivity contribution < 1.29 is 0 Å². The lowest BCUT2D eigenvalue weighted by molar-refractivity contribution is 0.619. The van der Waals surface area contributed by atoms with Crippen LogP contribution in [0.5, 0.6) is 0 Å². The second kappa shape index (κ2) is 5.74. The minimum atomic E-state index is -0.0357. The van der Waals surface area contributed by atoms with E-state index in [-0.39, 0.29) is 18.0 Å². The Labute approximate surface area is 121 Å². The Bertz CT molecular complexity index is 637. The molecule has 6 heteroatoms. The van der Waals surface area contributed by atoms with Crippen molar-refractivity contribution in [3.05, 3.63) is 50.9 Å². The van der Waals surface area contributed by atoms with E-state index in [1.165, 1.54) is 0 Å². The fourth-order valence-corrected chi connectivity index (χ4v) is 2.24. The number of fused-ring (bicyclic) bond motifs is 1. The zero-order valence-electron chi connectivity index (χ0n) is 10.1. The quantitative estimate of drug-likeness (QED) is 0.848. The van der Waals surface area contributed by atoms with E-state index in [1.54, 1.807) is 12.1 Å². The molecule has 0 bridgehead atoms. The van der Waals surface area contributed by atoms with E-state index in [0.29, 0.717) is 17.4 Å². The lowest BCUT2D eigenvalue weighted by Crippen LogP contribution is -2.31. The third-order valence-corrected chi connectivity index (χ3v) is 3.31. The van der Waals surface area contributed by atoms with Gasteiger partial charge in [0.15, 0.2) is 0 Å². The minimum Gasteiger partial charge on any atom is -0.311 e. The Morgan fingerprint density at radius 3 is 2.68 bits per heavy atom. The normalized spacial score (nSPS) is 13.5. The molecule has 0 radical (unpaired) electrons. The molecule has 100 valence electrons. The first-order chi connectivity index (χ1) is 8.74. The van der Waals surface area contributed by atoms with Crippen molar-refractivity contribution in [2.45, 2.75) is 13.0 Å². The highest BCUT2D eigenvalue weighted by Gasteiger charge is 2.15. The van der Waals surface area contributed by atoms with Gasteiger partial charge in [-0.2, -0.15) is 0 Å². The lowest BCUT2D eigenvalue weighted by atomic mass is 10.1. The van der Waals surface area contributed by atoms with Crippen molar-refractivity contribution >= 4 is 24.0 Å². The Balaban J connectivity index is 0.00000133. The van der Waals surface area contributed by atoms with Gasteiger partial charge >= 0.3 is 0 Å². The molecule has 2 heterocycles. The zero-order valence-corrected chi connectivity index (χ0v) is 11.6. The standard InChI is InChI=1S/C13H12ClN3O.ClH/c14-9-3-1-8(2-4-9)12-16-11-7-15-6-5-10(11)13(18)17-12;/h1-4,15H,5-7H2,(H,16,17,18);1H. The highest BCUT2D eigenvalue weighted by Crippen LogP contribution is 2.18. The van der Waals surface area contributed by atoms with Crippen LogP contribution in [-0.2, 0) is 13.0 Å². The fourth-order valence-electron chi connectivity index (χ4n) is 2.11. The molecular weight excluding hydrogens is 285 g/mol. The van der Waals surface area contributed by atoms with Gasteiger partial charge in [0.2, 0.25) is 0 Å². The van der Waals surface area contributed by atoms with Crippen LogP contribution >= 0.6 is 24.0 Å². The van der Waals surface area contributed by atoms with Crippen LogP contribution in [0.4, 0.5) is 0 Å². The second-order valence-corrected chi connectivity index (χ2v) is 4.71. The van der Waals surface area contributed by atoms with Crippen molar-refractivity contribution in [1.29, 1.82) is 0 Å². The van der Waals surface area contributed by atoms with Gasteiger partial charge in [0.05, 0.1) is 5.69 Å². The summed E-state index contributed by atoms with van der Waals surface area (Å²) < 4.78 is 0. The largest absolute Gasteiger partial charge is 0.311 e. The van der Waals surface area contributed by atoms with Crippen LogP contribution < -0.4 is 10.9 Å². The van der Waals surface area contributed by atoms with Gasteiger partial charge < -0.3 is 10.3 Å². The second-order valence-electron chi connectivity index (χ2n) is 4.27. The van der Waals surface area contributed by atoms with Gasteiger partial charge in [0, 0.05) is 22.7 Å². The molecule has 1 aromatic carbocycles. The predicted molar refractivity (Wildman–Crippen MR) is 78.0 cm³/mol. The first-order valence-electron chi connectivity index (χ1n) is 5.83. The minimum absolute atomic E-state index is 0. The number of rotatable bonds is 1. The molecule has 2 aromatic rings. The molecule has 1 aliphatic heterocycles. The van der Waals surface area contributed by atoms with Crippen molar-refractivity contribution in [2.24, 2.45) is 0 Å². The van der Waals surface area contributed by atoms with Crippen LogP contribution in [0.3, 0.4) is 0 Å². The van der Waals surface area contributed by atoms with Crippen LogP contribution in [0.1, 0.15) is 11.3 Å². The van der Waals surface area contributed by atoms with Crippen LogP contribution in [0, 0.1) is 0 Å². The predicted octanol–water partition coefficient (Wildman–Crippen LogP) is 2.16. The summed E-state index contributed by atoms with van der Waals surface area (Å²) in [7, 11) is 0. The summed E-state index contributed by atoms with van der Waals surface area (Å²) in [6.07, 6.45) is 0.735. The molecule has 19 heavy (non-hydrogen) atoms. The molecule has 0 spiro atoms. The summed E-state index contributed by atoms with van der Waals surface area (Å²) in [5.41, 5.74) is 2.47. The van der Waals surface area contributed by atoms with Gasteiger partial charge in [-0.15, -0.1) is 12.4 Å². The number of halogens is 2. The topological polar surface area (TPSA) is 57.8 Å². The maximum Gasteiger partial charge on any atom is 0.254 e. The van der Waals surface area contributed by atoms with Crippen LogP contribution in [0.2, 0.25) is 5.02 Å². The first-order valence-corrected chi connectivity index (χ1v) is 6.20. The molecule has 4 nitrogen and oxygen atoms in total. The molecule has 1 aliphatic rings. The average Bonchev–Trinajstić information content (AvgIpc) is 2.39. The summed E-state index contributed by atoms with van der Waals surface area (Å²) in [6, 6.07) is 7.27. The number of nitrogens with one attached hydrogen (secondary N) is 2. The molecule has 3 rings (SSSR count). The molecule has 0 aliphatic carbocycles. The molecule has 1 aromatic heterocycles. The van der Waals surface area contributed by atoms with E-state index in [4.69, 9.17) is 11.6 Å². The van der Waals surface area contributed by atoms with Gasteiger partial charge in [-0.05, 0) is 37.2 Å². The number of hydrogen-bond donors (Lipinski definition) is 2. The van der Waals surface area contributed by atoms with Crippen molar-refractivity contribution in [3.63, 3.8) is 0 Å². The van der Waals surface area contributed by atoms with Crippen LogP contribution in [-0.4, -0.2) is 16.5 Å². The lowest BCUT2D eigenvalue weighted by Gasteiger charge is -2.15. The Morgan fingerprint density at radius 1 is 1.21 bits per heavy atom. The maximum atomic E-state index is 12.0. The molecule has 0 fully saturated rings. The monoisotopic (exact) mass is 297 g/mol. The average molecular weight is 298 g/mol. The Morgan fingerprint density at radius 2 is 1.95 bits per heavy atom. The van der Waals surface area contributed by atoms with Crippen molar-refractivity contribution in [2.75, 3.05) is 6.54 Å². The number of nitrogens with zero attached hydrogens (tertiary/aromatic N) is 1. The summed E-state index contributed by atoms with van der Waals surface area (Å²) in [5.74, 6) is 0.596. The zero-order chi connectivity index (χ0) is 12.5. The van der Waals surface area contributed by atoms with E-state index in [1.807, 2.05) is 12.1 Å². The SMILES string of the molecule is Cl.O=c1[nH]c(-c2ccc(Cl)cc2)nc2c1CCNC2. The first kappa shape index (κ1) is 14.1. The van der Waals surface area contributed by atoms with E-state index in [0.717, 1.165) is 29.8 Å².